The van der Waals surface area contributed by atoms with E-state index in [4.69, 9.17) is 15.4 Å². The molecule has 0 saturated heterocycles. The molecule has 4 heteroatoms. The first-order valence-corrected chi connectivity index (χ1v) is 3.18. The van der Waals surface area contributed by atoms with Crippen LogP contribution in [0.2, 0.25) is 0 Å². The smallest absolute Gasteiger partial charge is 0.259 e. The lowest BCUT2D eigenvalue weighted by molar-refractivity contribution is -0.114. The number of hydrogen-bond acceptors (Lipinski definition) is 3. The highest BCUT2D eigenvalue weighted by Gasteiger charge is 2.02. The molecule has 0 aliphatic heterocycles. The van der Waals surface area contributed by atoms with Gasteiger partial charge in [-0.2, -0.15) is 5.26 Å². The Bertz CT molecular complexity index is 344. The molecule has 2 N–H and O–H groups in total. The van der Waals surface area contributed by atoms with Gasteiger partial charge in [-0.15, -0.1) is 0 Å². The van der Waals surface area contributed by atoms with Crippen LogP contribution in [-0.2, 0) is 4.79 Å². The quantitative estimate of drug-likeness (QED) is 0.512. The largest absolute Gasteiger partial charge is 0.472 e. The molecule has 0 aliphatic carbocycles. The van der Waals surface area contributed by atoms with Crippen LogP contribution in [0.15, 0.2) is 28.6 Å². The van der Waals surface area contributed by atoms with Crippen molar-refractivity contribution in [1.82, 2.24) is 0 Å². The highest BCUT2D eigenvalue weighted by Crippen LogP contribution is 2.05. The zero-order valence-electron chi connectivity index (χ0n) is 6.15. The Morgan fingerprint density at radius 2 is 2.50 bits per heavy atom. The molecule has 60 valence electrons. The Kier molecular flexibility index (Phi) is 2.29. The van der Waals surface area contributed by atoms with E-state index in [0.29, 0.717) is 5.56 Å². The molecule has 0 fully saturated rings. The fraction of sp³-hybridized carbons (Fsp3) is 0. The van der Waals surface area contributed by atoms with Crippen LogP contribution in [0.25, 0.3) is 6.08 Å². The van der Waals surface area contributed by atoms with Gasteiger partial charge in [0.15, 0.2) is 0 Å². The molecular formula is C8H6N2O2. The zero-order valence-corrected chi connectivity index (χ0v) is 6.15. The molecule has 0 saturated carbocycles. The van der Waals surface area contributed by atoms with E-state index in [1.54, 1.807) is 12.1 Å². The summed E-state index contributed by atoms with van der Waals surface area (Å²) < 4.78 is 4.73. The molecule has 0 bridgehead atoms. The van der Waals surface area contributed by atoms with E-state index in [-0.39, 0.29) is 5.57 Å². The number of nitriles is 1. The van der Waals surface area contributed by atoms with E-state index in [1.807, 2.05) is 0 Å². The summed E-state index contributed by atoms with van der Waals surface area (Å²) >= 11 is 0. The van der Waals surface area contributed by atoms with Gasteiger partial charge in [-0.3, -0.25) is 4.79 Å². The Morgan fingerprint density at radius 1 is 1.75 bits per heavy atom. The van der Waals surface area contributed by atoms with E-state index in [0.717, 1.165) is 0 Å². The average molecular weight is 162 g/mol. The first kappa shape index (κ1) is 8.08. The second-order valence-electron chi connectivity index (χ2n) is 2.09. The molecule has 1 aromatic heterocycles. The van der Waals surface area contributed by atoms with Crippen molar-refractivity contribution in [2.75, 3.05) is 0 Å². The molecular weight excluding hydrogens is 156 g/mol. The molecule has 1 aromatic rings. The predicted molar refractivity (Wildman–Crippen MR) is 41.5 cm³/mol. The number of rotatable bonds is 2. The maximum atomic E-state index is 10.6. The third-order valence-corrected chi connectivity index (χ3v) is 1.24. The number of primary amides is 1. The third kappa shape index (κ3) is 1.73. The monoisotopic (exact) mass is 162 g/mol. The van der Waals surface area contributed by atoms with Crippen molar-refractivity contribution in [1.29, 1.82) is 5.26 Å². The summed E-state index contributed by atoms with van der Waals surface area (Å²) in [6, 6.07) is 3.31. The Balaban J connectivity index is 2.95. The molecule has 0 atom stereocenters. The summed E-state index contributed by atoms with van der Waals surface area (Å²) in [5.74, 6) is -0.737. The van der Waals surface area contributed by atoms with Crippen LogP contribution >= 0.6 is 0 Å². The first-order chi connectivity index (χ1) is 5.74. The van der Waals surface area contributed by atoms with Crippen LogP contribution in [0.3, 0.4) is 0 Å². The van der Waals surface area contributed by atoms with E-state index in [2.05, 4.69) is 0 Å². The van der Waals surface area contributed by atoms with Gasteiger partial charge < -0.3 is 10.2 Å². The van der Waals surface area contributed by atoms with Gasteiger partial charge in [0.05, 0.1) is 12.5 Å². The SMILES string of the molecule is N#C/C(=C\c1ccoc1)C(N)=O. The topological polar surface area (TPSA) is 80.0 Å². The van der Waals surface area contributed by atoms with Crippen LogP contribution in [0, 0.1) is 11.3 Å². The van der Waals surface area contributed by atoms with Crippen molar-refractivity contribution in [3.63, 3.8) is 0 Å². The molecule has 0 aromatic carbocycles. The van der Waals surface area contributed by atoms with Crippen LogP contribution in [-0.4, -0.2) is 5.91 Å². The van der Waals surface area contributed by atoms with Crippen molar-refractivity contribution in [3.8, 4) is 6.07 Å². The summed E-state index contributed by atoms with van der Waals surface area (Å²) in [6.45, 7) is 0. The van der Waals surface area contributed by atoms with Crippen molar-refractivity contribution in [2.24, 2.45) is 5.73 Å². The minimum atomic E-state index is -0.737. The highest BCUT2D eigenvalue weighted by atomic mass is 16.3. The fourth-order valence-corrected chi connectivity index (χ4v) is 0.682. The average Bonchev–Trinajstić information content (AvgIpc) is 2.51. The maximum Gasteiger partial charge on any atom is 0.259 e. The zero-order chi connectivity index (χ0) is 8.97. The van der Waals surface area contributed by atoms with Crippen LogP contribution in [0.1, 0.15) is 5.56 Å². The lowest BCUT2D eigenvalue weighted by Gasteiger charge is -1.87. The lowest BCUT2D eigenvalue weighted by atomic mass is 10.2. The van der Waals surface area contributed by atoms with Crippen molar-refractivity contribution in [2.45, 2.75) is 0 Å². The summed E-state index contributed by atoms with van der Waals surface area (Å²) in [4.78, 5) is 10.6. The normalized spacial score (nSPS) is 10.8. The van der Waals surface area contributed by atoms with Gasteiger partial charge in [0.25, 0.3) is 5.91 Å². The number of carbonyl (C=O) groups is 1. The number of amides is 1. The molecule has 0 spiro atoms. The Morgan fingerprint density at radius 3 is 2.92 bits per heavy atom. The van der Waals surface area contributed by atoms with Crippen LogP contribution < -0.4 is 5.73 Å². The number of carbonyl (C=O) groups excluding carboxylic acids is 1. The molecule has 0 radical (unpaired) electrons. The molecule has 0 unspecified atom stereocenters. The number of nitrogens with two attached hydrogens (primary N) is 1. The summed E-state index contributed by atoms with van der Waals surface area (Å²) in [6.07, 6.45) is 4.23. The Hall–Kier alpha value is -2.02. The lowest BCUT2D eigenvalue weighted by Crippen LogP contribution is -2.12. The van der Waals surface area contributed by atoms with Gasteiger partial charge in [-0.1, -0.05) is 0 Å². The van der Waals surface area contributed by atoms with Gasteiger partial charge in [0.2, 0.25) is 0 Å². The van der Waals surface area contributed by atoms with E-state index < -0.39 is 5.91 Å². The van der Waals surface area contributed by atoms with Crippen LogP contribution in [0.4, 0.5) is 0 Å². The summed E-state index contributed by atoms with van der Waals surface area (Å²) in [7, 11) is 0. The minimum absolute atomic E-state index is 0.0867. The highest BCUT2D eigenvalue weighted by molar-refractivity contribution is 6.00. The van der Waals surface area contributed by atoms with Gasteiger partial charge in [0, 0.05) is 5.56 Å². The predicted octanol–water partition coefficient (Wildman–Crippen LogP) is 0.672. The van der Waals surface area contributed by atoms with E-state index >= 15 is 0 Å². The Labute approximate surface area is 68.9 Å². The van der Waals surface area contributed by atoms with Gasteiger partial charge >= 0.3 is 0 Å². The molecule has 1 rings (SSSR count). The molecule has 1 amide bonds. The standard InChI is InChI=1S/C8H6N2O2/c9-4-7(8(10)11)3-6-1-2-12-5-6/h1-3,5H,(H2,10,11)/b7-3+. The fourth-order valence-electron chi connectivity index (χ4n) is 0.682. The molecule has 12 heavy (non-hydrogen) atoms. The van der Waals surface area contributed by atoms with Gasteiger partial charge in [0.1, 0.15) is 11.6 Å². The number of nitrogens with zero attached hydrogens (tertiary/aromatic N) is 1. The second-order valence-corrected chi connectivity index (χ2v) is 2.09. The molecule has 4 nitrogen and oxygen atoms in total. The number of furan rings is 1. The van der Waals surface area contributed by atoms with Crippen LogP contribution in [0.5, 0.6) is 0 Å². The van der Waals surface area contributed by atoms with Gasteiger partial charge in [-0.25, -0.2) is 0 Å². The van der Waals surface area contributed by atoms with Crippen molar-refractivity contribution < 1.29 is 9.21 Å². The molecule has 0 aliphatic rings. The van der Waals surface area contributed by atoms with E-state index in [1.165, 1.54) is 18.6 Å². The van der Waals surface area contributed by atoms with Crippen molar-refractivity contribution in [3.05, 3.63) is 29.7 Å². The van der Waals surface area contributed by atoms with Crippen molar-refractivity contribution >= 4 is 12.0 Å². The third-order valence-electron chi connectivity index (χ3n) is 1.24. The second kappa shape index (κ2) is 3.39. The number of hydrogen-bond donors (Lipinski definition) is 1. The molecule has 1 heterocycles. The maximum absolute atomic E-state index is 10.6. The van der Waals surface area contributed by atoms with E-state index in [9.17, 15) is 4.79 Å². The minimum Gasteiger partial charge on any atom is -0.472 e. The summed E-state index contributed by atoms with van der Waals surface area (Å²) in [5.41, 5.74) is 5.46. The van der Waals surface area contributed by atoms with Gasteiger partial charge in [-0.05, 0) is 12.1 Å². The first-order valence-electron chi connectivity index (χ1n) is 3.18. The summed E-state index contributed by atoms with van der Waals surface area (Å²) in [5, 5.41) is 8.45.